The van der Waals surface area contributed by atoms with E-state index in [1.807, 2.05) is 6.07 Å². The minimum absolute atomic E-state index is 0.167. The van der Waals surface area contributed by atoms with Gasteiger partial charge in [0, 0.05) is 17.4 Å². The lowest BCUT2D eigenvalue weighted by Gasteiger charge is -2.25. The van der Waals surface area contributed by atoms with Gasteiger partial charge in [-0.05, 0) is 54.8 Å². The molecule has 0 atom stereocenters. The van der Waals surface area contributed by atoms with Crippen molar-refractivity contribution in [2.75, 3.05) is 7.11 Å². The fourth-order valence-corrected chi connectivity index (χ4v) is 4.98. The molecule has 1 aliphatic carbocycles. The topological polar surface area (TPSA) is 69.0 Å². The molecule has 2 aromatic carbocycles. The fraction of sp³-hybridized carbons (Fsp3) is 0.375. The van der Waals surface area contributed by atoms with E-state index in [9.17, 15) is 9.18 Å². The van der Waals surface area contributed by atoms with Gasteiger partial charge in [0.05, 0.1) is 13.7 Å². The number of amides is 1. The van der Waals surface area contributed by atoms with E-state index in [2.05, 4.69) is 20.1 Å². The lowest BCUT2D eigenvalue weighted by atomic mass is 9.95. The summed E-state index contributed by atoms with van der Waals surface area (Å²) in [6.45, 7) is 0.300. The summed E-state index contributed by atoms with van der Waals surface area (Å²) in [6.07, 6.45) is 5.74. The maximum absolute atomic E-state index is 13.5. The standard InChI is InChI=1S/C24H27FN4O2S/c1-31-21-12-10-18(11-13-21)23(30)26-15-22-27-28-24(29(22)20-8-3-2-4-9-20)32-16-17-6-5-7-19(25)14-17/h5-7,10-14,20H,2-4,8-9,15-16H2,1H3,(H,26,30). The Hall–Kier alpha value is -2.87. The highest BCUT2D eigenvalue weighted by Gasteiger charge is 2.23. The van der Waals surface area contributed by atoms with E-state index in [0.29, 0.717) is 29.7 Å². The Morgan fingerprint density at radius 2 is 1.94 bits per heavy atom. The second-order valence-electron chi connectivity index (χ2n) is 7.89. The van der Waals surface area contributed by atoms with Gasteiger partial charge in [0.25, 0.3) is 5.91 Å². The number of carbonyl (C=O) groups is 1. The molecule has 0 spiro atoms. The molecule has 1 N–H and O–H groups in total. The molecule has 1 aromatic heterocycles. The zero-order chi connectivity index (χ0) is 22.3. The predicted molar refractivity (Wildman–Crippen MR) is 122 cm³/mol. The monoisotopic (exact) mass is 454 g/mol. The molecule has 1 amide bonds. The number of nitrogens with one attached hydrogen (secondary N) is 1. The van der Waals surface area contributed by atoms with Crippen LogP contribution in [0.1, 0.15) is 59.9 Å². The Labute approximate surface area is 191 Å². The zero-order valence-corrected chi connectivity index (χ0v) is 18.9. The van der Waals surface area contributed by atoms with Gasteiger partial charge in [0.1, 0.15) is 11.6 Å². The van der Waals surface area contributed by atoms with Crippen LogP contribution in [0.15, 0.2) is 53.7 Å². The first-order chi connectivity index (χ1) is 15.6. The highest BCUT2D eigenvalue weighted by atomic mass is 32.2. The van der Waals surface area contributed by atoms with Crippen molar-refractivity contribution in [3.05, 3.63) is 71.3 Å². The van der Waals surface area contributed by atoms with Crippen LogP contribution < -0.4 is 10.1 Å². The number of hydrogen-bond donors (Lipinski definition) is 1. The molecule has 8 heteroatoms. The van der Waals surface area contributed by atoms with Crippen molar-refractivity contribution in [2.45, 2.75) is 55.6 Å². The summed E-state index contributed by atoms with van der Waals surface area (Å²) in [5, 5.41) is 12.6. The molecule has 1 aliphatic rings. The molecule has 4 rings (SSSR count). The average Bonchev–Trinajstić information content (AvgIpc) is 3.24. The van der Waals surface area contributed by atoms with Gasteiger partial charge >= 0.3 is 0 Å². The maximum Gasteiger partial charge on any atom is 0.251 e. The molecule has 0 unspecified atom stereocenters. The summed E-state index contributed by atoms with van der Waals surface area (Å²) in [6, 6.07) is 13.9. The first-order valence-corrected chi connectivity index (χ1v) is 11.9. The smallest absolute Gasteiger partial charge is 0.251 e. The van der Waals surface area contributed by atoms with Crippen LogP contribution in [0.4, 0.5) is 4.39 Å². The third-order valence-corrected chi connectivity index (χ3v) is 6.71. The van der Waals surface area contributed by atoms with Gasteiger partial charge in [-0.2, -0.15) is 0 Å². The van der Waals surface area contributed by atoms with Crippen LogP contribution in [0, 0.1) is 5.82 Å². The van der Waals surface area contributed by atoms with E-state index in [0.717, 1.165) is 29.4 Å². The number of carbonyl (C=O) groups excluding carboxylic acids is 1. The summed E-state index contributed by atoms with van der Waals surface area (Å²) in [5.41, 5.74) is 1.47. The van der Waals surface area contributed by atoms with Crippen LogP contribution in [0.25, 0.3) is 0 Å². The zero-order valence-electron chi connectivity index (χ0n) is 18.1. The van der Waals surface area contributed by atoms with Crippen molar-refractivity contribution in [2.24, 2.45) is 0 Å². The van der Waals surface area contributed by atoms with Crippen molar-refractivity contribution in [3.8, 4) is 5.75 Å². The number of methoxy groups -OCH3 is 1. The molecule has 1 heterocycles. The van der Waals surface area contributed by atoms with Gasteiger partial charge in [0.2, 0.25) is 0 Å². The van der Waals surface area contributed by atoms with Crippen molar-refractivity contribution in [1.82, 2.24) is 20.1 Å². The quantitative estimate of drug-likeness (QED) is 0.477. The highest BCUT2D eigenvalue weighted by Crippen LogP contribution is 2.33. The van der Waals surface area contributed by atoms with Gasteiger partial charge in [-0.3, -0.25) is 4.79 Å². The van der Waals surface area contributed by atoms with Crippen molar-refractivity contribution in [3.63, 3.8) is 0 Å². The Balaban J connectivity index is 1.48. The Kier molecular flexibility index (Phi) is 7.42. The van der Waals surface area contributed by atoms with E-state index in [-0.39, 0.29) is 11.7 Å². The number of ether oxygens (including phenoxy) is 1. The number of hydrogen-bond acceptors (Lipinski definition) is 5. The summed E-state index contributed by atoms with van der Waals surface area (Å²) >= 11 is 1.55. The normalized spacial score (nSPS) is 14.3. The first-order valence-electron chi connectivity index (χ1n) is 10.9. The van der Waals surface area contributed by atoms with Gasteiger partial charge < -0.3 is 14.6 Å². The Morgan fingerprint density at radius 3 is 2.66 bits per heavy atom. The van der Waals surface area contributed by atoms with E-state index >= 15 is 0 Å². The van der Waals surface area contributed by atoms with E-state index < -0.39 is 0 Å². The van der Waals surface area contributed by atoms with Gasteiger partial charge in [-0.15, -0.1) is 10.2 Å². The van der Waals surface area contributed by atoms with Crippen LogP contribution in [-0.2, 0) is 12.3 Å². The SMILES string of the molecule is COc1ccc(C(=O)NCc2nnc(SCc3cccc(F)c3)n2C2CCCCC2)cc1. The molecule has 32 heavy (non-hydrogen) atoms. The Morgan fingerprint density at radius 1 is 1.16 bits per heavy atom. The Bertz CT molecular complexity index is 1050. The van der Waals surface area contributed by atoms with Crippen LogP contribution in [0.2, 0.25) is 0 Å². The van der Waals surface area contributed by atoms with Crippen molar-refractivity contribution < 1.29 is 13.9 Å². The van der Waals surface area contributed by atoms with Crippen LogP contribution in [0.5, 0.6) is 5.75 Å². The first kappa shape index (κ1) is 22.3. The van der Waals surface area contributed by atoms with Gasteiger partial charge in [-0.1, -0.05) is 43.2 Å². The number of halogens is 1. The molecule has 1 fully saturated rings. The molecule has 0 bridgehead atoms. The molecular formula is C24H27FN4O2S. The number of rotatable bonds is 8. The third-order valence-electron chi connectivity index (χ3n) is 5.69. The molecule has 0 aliphatic heterocycles. The fourth-order valence-electron chi connectivity index (χ4n) is 4.01. The summed E-state index contributed by atoms with van der Waals surface area (Å²) < 4.78 is 20.9. The third kappa shape index (κ3) is 5.48. The van der Waals surface area contributed by atoms with Gasteiger partial charge in [0.15, 0.2) is 11.0 Å². The lowest BCUT2D eigenvalue weighted by molar-refractivity contribution is 0.0949. The number of thioether (sulfide) groups is 1. The number of nitrogens with zero attached hydrogens (tertiary/aromatic N) is 3. The molecular weight excluding hydrogens is 427 g/mol. The van der Waals surface area contributed by atoms with Crippen LogP contribution >= 0.6 is 11.8 Å². The van der Waals surface area contributed by atoms with E-state index in [1.165, 1.54) is 25.3 Å². The van der Waals surface area contributed by atoms with Gasteiger partial charge in [-0.25, -0.2) is 4.39 Å². The lowest BCUT2D eigenvalue weighted by Crippen LogP contribution is -2.26. The molecule has 1 saturated carbocycles. The predicted octanol–water partition coefficient (Wildman–Crippen LogP) is 5.15. The van der Waals surface area contributed by atoms with Crippen LogP contribution in [0.3, 0.4) is 0 Å². The summed E-state index contributed by atoms with van der Waals surface area (Å²) in [4.78, 5) is 12.6. The largest absolute Gasteiger partial charge is 0.497 e. The maximum atomic E-state index is 13.5. The molecule has 168 valence electrons. The number of aromatic nitrogens is 3. The van der Waals surface area contributed by atoms with Crippen molar-refractivity contribution in [1.29, 1.82) is 0 Å². The van der Waals surface area contributed by atoms with E-state index in [4.69, 9.17) is 4.74 Å². The van der Waals surface area contributed by atoms with E-state index in [1.54, 1.807) is 55.3 Å². The second-order valence-corrected chi connectivity index (χ2v) is 8.83. The molecule has 6 nitrogen and oxygen atoms in total. The minimum atomic E-state index is -0.237. The highest BCUT2D eigenvalue weighted by molar-refractivity contribution is 7.98. The van der Waals surface area contributed by atoms with Crippen LogP contribution in [-0.4, -0.2) is 27.8 Å². The minimum Gasteiger partial charge on any atom is -0.497 e. The number of benzene rings is 2. The molecule has 0 saturated heterocycles. The summed E-state index contributed by atoms with van der Waals surface area (Å²) in [7, 11) is 1.59. The summed E-state index contributed by atoms with van der Waals surface area (Å²) in [5.74, 6) is 1.67. The molecule has 0 radical (unpaired) electrons. The average molecular weight is 455 g/mol. The molecule has 3 aromatic rings. The van der Waals surface area contributed by atoms with Crippen molar-refractivity contribution >= 4 is 17.7 Å². The second kappa shape index (κ2) is 10.6.